The highest BCUT2D eigenvalue weighted by molar-refractivity contribution is 5.93. The van der Waals surface area contributed by atoms with Crippen molar-refractivity contribution < 1.29 is 14.3 Å². The molecule has 1 heterocycles. The zero-order valence-corrected chi connectivity index (χ0v) is 12.7. The fraction of sp³-hybridized carbons (Fsp3) is 0.312. The standard InChI is InChI=1S/C16H19N3O3/c1-12(2)22-15(20)8-9-18-16(21)14-10-17-11-19(14)13-6-4-3-5-7-13/h3-7,10-12H,8-9H2,1-2H3,(H,18,21). The number of nitrogens with one attached hydrogen (secondary N) is 1. The van der Waals surface area contributed by atoms with Gasteiger partial charge in [-0.3, -0.25) is 14.2 Å². The van der Waals surface area contributed by atoms with Crippen LogP contribution in [0.5, 0.6) is 0 Å². The third-order valence-corrected chi connectivity index (χ3v) is 2.89. The van der Waals surface area contributed by atoms with Crippen molar-refractivity contribution in [1.82, 2.24) is 14.9 Å². The number of carbonyl (C=O) groups is 2. The maximum absolute atomic E-state index is 12.2. The van der Waals surface area contributed by atoms with Crippen LogP contribution in [0, 0.1) is 0 Å². The number of aromatic nitrogens is 2. The lowest BCUT2D eigenvalue weighted by atomic mass is 10.3. The van der Waals surface area contributed by atoms with E-state index < -0.39 is 0 Å². The van der Waals surface area contributed by atoms with Gasteiger partial charge in [0.05, 0.1) is 25.0 Å². The summed E-state index contributed by atoms with van der Waals surface area (Å²) in [5.41, 5.74) is 1.27. The SMILES string of the molecule is CC(C)OC(=O)CCNC(=O)c1cncn1-c1ccccc1. The van der Waals surface area contributed by atoms with Crippen molar-refractivity contribution in [2.24, 2.45) is 0 Å². The number of amides is 1. The minimum atomic E-state index is -0.327. The number of benzene rings is 1. The van der Waals surface area contributed by atoms with Crippen LogP contribution in [-0.4, -0.2) is 34.1 Å². The molecule has 1 amide bonds. The molecule has 6 nitrogen and oxygen atoms in total. The van der Waals surface area contributed by atoms with Gasteiger partial charge in [-0.2, -0.15) is 0 Å². The van der Waals surface area contributed by atoms with Gasteiger partial charge in [0.2, 0.25) is 0 Å². The topological polar surface area (TPSA) is 73.2 Å². The maximum atomic E-state index is 12.2. The summed E-state index contributed by atoms with van der Waals surface area (Å²) in [6, 6.07) is 9.45. The molecule has 0 aliphatic carbocycles. The first kappa shape index (κ1) is 15.8. The molecule has 1 aromatic heterocycles. The lowest BCUT2D eigenvalue weighted by Crippen LogP contribution is -2.28. The number of esters is 1. The quantitative estimate of drug-likeness (QED) is 0.828. The van der Waals surface area contributed by atoms with Gasteiger partial charge in [-0.15, -0.1) is 0 Å². The van der Waals surface area contributed by atoms with Gasteiger partial charge >= 0.3 is 5.97 Å². The molecule has 116 valence electrons. The van der Waals surface area contributed by atoms with Crippen LogP contribution in [0.25, 0.3) is 5.69 Å². The highest BCUT2D eigenvalue weighted by Gasteiger charge is 2.13. The van der Waals surface area contributed by atoms with Crippen LogP contribution < -0.4 is 5.32 Å². The summed E-state index contributed by atoms with van der Waals surface area (Å²) >= 11 is 0. The molecule has 0 aliphatic rings. The van der Waals surface area contributed by atoms with Crippen LogP contribution in [0.2, 0.25) is 0 Å². The lowest BCUT2D eigenvalue weighted by molar-refractivity contribution is -0.147. The van der Waals surface area contributed by atoms with Crippen molar-refractivity contribution in [2.45, 2.75) is 26.4 Å². The van der Waals surface area contributed by atoms with E-state index in [9.17, 15) is 9.59 Å². The predicted octanol–water partition coefficient (Wildman–Crippen LogP) is 1.94. The normalized spacial score (nSPS) is 10.5. The van der Waals surface area contributed by atoms with Gasteiger partial charge in [0.25, 0.3) is 5.91 Å². The second kappa shape index (κ2) is 7.40. The van der Waals surface area contributed by atoms with Crippen LogP contribution in [0.15, 0.2) is 42.9 Å². The van der Waals surface area contributed by atoms with Gasteiger partial charge < -0.3 is 10.1 Å². The fourth-order valence-electron chi connectivity index (χ4n) is 1.95. The molecule has 1 aromatic carbocycles. The molecule has 0 unspecified atom stereocenters. The van der Waals surface area contributed by atoms with Gasteiger partial charge in [0.15, 0.2) is 0 Å². The maximum Gasteiger partial charge on any atom is 0.307 e. The Bertz CT molecular complexity index is 635. The first-order chi connectivity index (χ1) is 10.6. The third kappa shape index (κ3) is 4.18. The van der Waals surface area contributed by atoms with E-state index >= 15 is 0 Å². The summed E-state index contributed by atoms with van der Waals surface area (Å²) < 4.78 is 6.70. The first-order valence-electron chi connectivity index (χ1n) is 7.13. The van der Waals surface area contributed by atoms with Gasteiger partial charge in [-0.1, -0.05) is 18.2 Å². The Hall–Kier alpha value is -2.63. The molecule has 0 saturated carbocycles. The summed E-state index contributed by atoms with van der Waals surface area (Å²) in [6.07, 6.45) is 3.07. The monoisotopic (exact) mass is 301 g/mol. The Morgan fingerprint density at radius 1 is 1.27 bits per heavy atom. The van der Waals surface area contributed by atoms with Crippen molar-refractivity contribution in [3.8, 4) is 5.69 Å². The van der Waals surface area contributed by atoms with Crippen molar-refractivity contribution in [3.63, 3.8) is 0 Å². The smallest absolute Gasteiger partial charge is 0.307 e. The van der Waals surface area contributed by atoms with Crippen LogP contribution in [0.1, 0.15) is 30.8 Å². The summed E-state index contributed by atoms with van der Waals surface area (Å²) in [4.78, 5) is 27.6. The number of para-hydroxylation sites is 1. The number of imidazole rings is 1. The van der Waals surface area contributed by atoms with Crippen LogP contribution in [0.4, 0.5) is 0 Å². The summed E-state index contributed by atoms with van der Waals surface area (Å²) in [6.45, 7) is 3.80. The molecule has 0 saturated heterocycles. The van der Waals surface area contributed by atoms with Crippen molar-refractivity contribution >= 4 is 11.9 Å². The highest BCUT2D eigenvalue weighted by Crippen LogP contribution is 2.10. The molecule has 2 aromatic rings. The summed E-state index contributed by atoms with van der Waals surface area (Å²) in [5, 5.41) is 2.70. The number of nitrogens with zero attached hydrogens (tertiary/aromatic N) is 2. The number of carbonyl (C=O) groups excluding carboxylic acids is 2. The molecule has 0 atom stereocenters. The minimum absolute atomic E-state index is 0.142. The number of hydrogen-bond acceptors (Lipinski definition) is 4. The van der Waals surface area contributed by atoms with Crippen molar-refractivity contribution in [2.75, 3.05) is 6.54 Å². The lowest BCUT2D eigenvalue weighted by Gasteiger charge is -2.10. The van der Waals surface area contributed by atoms with Crippen LogP contribution in [-0.2, 0) is 9.53 Å². The Kier molecular flexibility index (Phi) is 5.30. The number of hydrogen-bond donors (Lipinski definition) is 1. The zero-order chi connectivity index (χ0) is 15.9. The molecule has 2 rings (SSSR count). The largest absolute Gasteiger partial charge is 0.463 e. The molecular formula is C16H19N3O3. The molecule has 0 spiro atoms. The number of ether oxygens (including phenoxy) is 1. The Labute approximate surface area is 129 Å². The molecule has 1 N–H and O–H groups in total. The van der Waals surface area contributed by atoms with E-state index in [4.69, 9.17) is 4.74 Å². The third-order valence-electron chi connectivity index (χ3n) is 2.89. The van der Waals surface area contributed by atoms with E-state index in [1.807, 2.05) is 30.3 Å². The van der Waals surface area contributed by atoms with Crippen molar-refractivity contribution in [3.05, 3.63) is 48.5 Å². The zero-order valence-electron chi connectivity index (χ0n) is 12.7. The van der Waals surface area contributed by atoms with E-state index in [2.05, 4.69) is 10.3 Å². The minimum Gasteiger partial charge on any atom is -0.463 e. The highest BCUT2D eigenvalue weighted by atomic mass is 16.5. The molecule has 0 radical (unpaired) electrons. The summed E-state index contributed by atoms with van der Waals surface area (Å²) in [7, 11) is 0. The van der Waals surface area contributed by atoms with E-state index in [1.165, 1.54) is 6.20 Å². The molecule has 22 heavy (non-hydrogen) atoms. The Balaban J connectivity index is 1.94. The second-order valence-electron chi connectivity index (χ2n) is 5.03. The molecule has 0 fully saturated rings. The first-order valence-corrected chi connectivity index (χ1v) is 7.13. The second-order valence-corrected chi connectivity index (χ2v) is 5.03. The predicted molar refractivity (Wildman–Crippen MR) is 81.7 cm³/mol. The van der Waals surface area contributed by atoms with E-state index in [0.29, 0.717) is 5.69 Å². The van der Waals surface area contributed by atoms with Crippen LogP contribution >= 0.6 is 0 Å². The van der Waals surface area contributed by atoms with Crippen LogP contribution in [0.3, 0.4) is 0 Å². The average Bonchev–Trinajstić information content (AvgIpc) is 2.96. The van der Waals surface area contributed by atoms with E-state index in [0.717, 1.165) is 5.69 Å². The van der Waals surface area contributed by atoms with E-state index in [1.54, 1.807) is 24.7 Å². The molecule has 6 heteroatoms. The van der Waals surface area contributed by atoms with Gasteiger partial charge in [-0.25, -0.2) is 4.98 Å². The van der Waals surface area contributed by atoms with Gasteiger partial charge in [0, 0.05) is 12.2 Å². The molecular weight excluding hydrogens is 282 g/mol. The fourth-order valence-corrected chi connectivity index (χ4v) is 1.95. The van der Waals surface area contributed by atoms with Crippen molar-refractivity contribution in [1.29, 1.82) is 0 Å². The Morgan fingerprint density at radius 3 is 2.68 bits per heavy atom. The molecule has 0 bridgehead atoms. The van der Waals surface area contributed by atoms with Gasteiger partial charge in [0.1, 0.15) is 5.69 Å². The van der Waals surface area contributed by atoms with E-state index in [-0.39, 0.29) is 30.9 Å². The number of rotatable bonds is 6. The Morgan fingerprint density at radius 2 is 2.00 bits per heavy atom. The van der Waals surface area contributed by atoms with Gasteiger partial charge in [-0.05, 0) is 26.0 Å². The summed E-state index contributed by atoms with van der Waals surface area (Å²) in [5.74, 6) is -0.606. The molecule has 0 aliphatic heterocycles. The average molecular weight is 301 g/mol.